The van der Waals surface area contributed by atoms with Crippen LogP contribution in [-0.4, -0.2) is 5.11 Å². The van der Waals surface area contributed by atoms with E-state index < -0.39 is 6.10 Å². The average molecular weight is 376 g/mol. The van der Waals surface area contributed by atoms with Crippen molar-refractivity contribution in [2.75, 3.05) is 0 Å². The summed E-state index contributed by atoms with van der Waals surface area (Å²) in [7, 11) is 0. The highest BCUT2D eigenvalue weighted by molar-refractivity contribution is 9.10. The van der Waals surface area contributed by atoms with Crippen LogP contribution in [0.25, 0.3) is 0 Å². The van der Waals surface area contributed by atoms with Crippen molar-refractivity contribution >= 4 is 43.2 Å². The molecule has 0 aliphatic heterocycles. The van der Waals surface area contributed by atoms with Crippen LogP contribution in [0, 0.1) is 13.8 Å². The molecule has 1 atom stereocenters. The Balaban J connectivity index is 2.42. The van der Waals surface area contributed by atoms with E-state index in [0.29, 0.717) is 0 Å². The number of hydrogen-bond acceptors (Lipinski definition) is 2. The first kappa shape index (κ1) is 13.3. The fourth-order valence-corrected chi connectivity index (χ4v) is 3.62. The Morgan fingerprint density at radius 2 is 1.88 bits per heavy atom. The molecule has 1 N–H and O–H groups in total. The van der Waals surface area contributed by atoms with E-state index in [1.807, 2.05) is 38.1 Å². The summed E-state index contributed by atoms with van der Waals surface area (Å²) in [5, 5.41) is 10.4. The number of halogens is 2. The lowest BCUT2D eigenvalue weighted by Gasteiger charge is -2.12. The molecule has 0 spiro atoms. The fraction of sp³-hybridized carbons (Fsp3) is 0.231. The van der Waals surface area contributed by atoms with Crippen molar-refractivity contribution in [2.24, 2.45) is 0 Å². The first-order valence-corrected chi connectivity index (χ1v) is 7.59. The third kappa shape index (κ3) is 2.81. The number of thiophene rings is 1. The summed E-state index contributed by atoms with van der Waals surface area (Å²) < 4.78 is 2.05. The minimum atomic E-state index is -0.553. The molecule has 1 aromatic carbocycles. The molecule has 0 aliphatic carbocycles. The SMILES string of the molecule is Cc1ccc(Br)cc1C(O)c1cc(Br)c(C)s1. The van der Waals surface area contributed by atoms with Gasteiger partial charge in [-0.15, -0.1) is 11.3 Å². The molecule has 0 fully saturated rings. The van der Waals surface area contributed by atoms with Crippen LogP contribution in [0.5, 0.6) is 0 Å². The molecule has 1 heterocycles. The highest BCUT2D eigenvalue weighted by atomic mass is 79.9. The topological polar surface area (TPSA) is 20.2 Å². The first-order chi connectivity index (χ1) is 7.99. The predicted molar refractivity (Wildman–Crippen MR) is 79.7 cm³/mol. The van der Waals surface area contributed by atoms with Crippen LogP contribution < -0.4 is 0 Å². The van der Waals surface area contributed by atoms with E-state index in [2.05, 4.69) is 31.9 Å². The van der Waals surface area contributed by atoms with Gasteiger partial charge in [0.25, 0.3) is 0 Å². The lowest BCUT2D eigenvalue weighted by atomic mass is 10.0. The summed E-state index contributed by atoms with van der Waals surface area (Å²) in [4.78, 5) is 2.15. The smallest absolute Gasteiger partial charge is 0.114 e. The van der Waals surface area contributed by atoms with Gasteiger partial charge in [0.1, 0.15) is 6.10 Å². The second kappa shape index (κ2) is 5.22. The van der Waals surface area contributed by atoms with Crippen LogP contribution >= 0.6 is 43.2 Å². The Hall–Kier alpha value is -0.160. The van der Waals surface area contributed by atoms with Gasteiger partial charge in [0.2, 0.25) is 0 Å². The monoisotopic (exact) mass is 374 g/mol. The number of hydrogen-bond donors (Lipinski definition) is 1. The predicted octanol–water partition coefficient (Wildman–Crippen LogP) is 4.97. The maximum absolute atomic E-state index is 10.4. The standard InChI is InChI=1S/C13H12Br2OS/c1-7-3-4-9(14)5-10(7)13(16)12-6-11(15)8(2)17-12/h3-6,13,16H,1-2H3. The molecule has 1 unspecified atom stereocenters. The van der Waals surface area contributed by atoms with Crippen molar-refractivity contribution in [1.29, 1.82) is 0 Å². The molecule has 0 aliphatic rings. The van der Waals surface area contributed by atoms with Gasteiger partial charge >= 0.3 is 0 Å². The Labute approximate surface area is 122 Å². The van der Waals surface area contributed by atoms with Gasteiger partial charge in [0.15, 0.2) is 0 Å². The molecule has 1 nitrogen and oxygen atoms in total. The molecule has 0 saturated heterocycles. The maximum atomic E-state index is 10.4. The minimum Gasteiger partial charge on any atom is -0.383 e. The quantitative estimate of drug-likeness (QED) is 0.785. The molecule has 4 heteroatoms. The van der Waals surface area contributed by atoms with Crippen LogP contribution in [-0.2, 0) is 0 Å². The minimum absolute atomic E-state index is 0.553. The number of aryl methyl sites for hydroxylation is 2. The van der Waals surface area contributed by atoms with Crippen LogP contribution in [0.3, 0.4) is 0 Å². The Bertz CT molecular complexity index is 529. The largest absolute Gasteiger partial charge is 0.383 e. The van der Waals surface area contributed by atoms with E-state index in [4.69, 9.17) is 0 Å². The lowest BCUT2D eigenvalue weighted by Crippen LogP contribution is -1.99. The first-order valence-electron chi connectivity index (χ1n) is 5.19. The molecule has 2 rings (SSSR count). The van der Waals surface area contributed by atoms with Crippen molar-refractivity contribution in [3.63, 3.8) is 0 Å². The zero-order valence-corrected chi connectivity index (χ0v) is 13.5. The second-order valence-electron chi connectivity index (χ2n) is 3.96. The van der Waals surface area contributed by atoms with Crippen molar-refractivity contribution in [3.05, 3.63) is 54.1 Å². The molecule has 0 amide bonds. The number of rotatable bonds is 2. The van der Waals surface area contributed by atoms with E-state index in [1.165, 1.54) is 4.88 Å². The summed E-state index contributed by atoms with van der Waals surface area (Å²) in [6, 6.07) is 7.97. The van der Waals surface area contributed by atoms with Crippen molar-refractivity contribution in [2.45, 2.75) is 20.0 Å². The molecule has 1 aromatic heterocycles. The van der Waals surface area contributed by atoms with Crippen LogP contribution in [0.4, 0.5) is 0 Å². The lowest BCUT2D eigenvalue weighted by molar-refractivity contribution is 0.223. The van der Waals surface area contributed by atoms with Crippen molar-refractivity contribution in [1.82, 2.24) is 0 Å². The van der Waals surface area contributed by atoms with E-state index in [9.17, 15) is 5.11 Å². The van der Waals surface area contributed by atoms with E-state index >= 15 is 0 Å². The Morgan fingerprint density at radius 3 is 2.47 bits per heavy atom. The van der Waals surface area contributed by atoms with E-state index in [-0.39, 0.29) is 0 Å². The average Bonchev–Trinajstić information content (AvgIpc) is 2.62. The summed E-state index contributed by atoms with van der Waals surface area (Å²) >= 11 is 8.54. The zero-order chi connectivity index (χ0) is 12.6. The number of aliphatic hydroxyl groups is 1. The van der Waals surface area contributed by atoms with Crippen LogP contribution in [0.2, 0.25) is 0 Å². The van der Waals surface area contributed by atoms with E-state index in [0.717, 1.165) is 24.9 Å². The van der Waals surface area contributed by atoms with Crippen LogP contribution in [0.1, 0.15) is 27.0 Å². The van der Waals surface area contributed by atoms with E-state index in [1.54, 1.807) is 11.3 Å². The fourth-order valence-electron chi connectivity index (χ4n) is 1.68. The number of benzene rings is 1. The molecule has 17 heavy (non-hydrogen) atoms. The highest BCUT2D eigenvalue weighted by Gasteiger charge is 2.16. The van der Waals surface area contributed by atoms with Gasteiger partial charge in [-0.1, -0.05) is 22.0 Å². The van der Waals surface area contributed by atoms with Gasteiger partial charge in [-0.3, -0.25) is 0 Å². The van der Waals surface area contributed by atoms with Gasteiger partial charge < -0.3 is 5.11 Å². The summed E-state index contributed by atoms with van der Waals surface area (Å²) in [5.74, 6) is 0. The maximum Gasteiger partial charge on any atom is 0.114 e. The summed E-state index contributed by atoms with van der Waals surface area (Å²) in [5.41, 5.74) is 2.05. The molecular formula is C13H12Br2OS. The molecule has 0 radical (unpaired) electrons. The molecule has 90 valence electrons. The Morgan fingerprint density at radius 1 is 1.18 bits per heavy atom. The Kier molecular flexibility index (Phi) is 4.08. The van der Waals surface area contributed by atoms with Crippen molar-refractivity contribution < 1.29 is 5.11 Å². The van der Waals surface area contributed by atoms with Gasteiger partial charge in [-0.25, -0.2) is 0 Å². The van der Waals surface area contributed by atoms with Gasteiger partial charge in [0.05, 0.1) is 0 Å². The highest BCUT2D eigenvalue weighted by Crippen LogP contribution is 2.35. The number of aliphatic hydroxyl groups excluding tert-OH is 1. The third-order valence-corrected chi connectivity index (χ3v) is 5.36. The summed E-state index contributed by atoms with van der Waals surface area (Å²) in [6.07, 6.45) is -0.553. The second-order valence-corrected chi connectivity index (χ2v) is 7.01. The molecule has 0 bridgehead atoms. The summed E-state index contributed by atoms with van der Waals surface area (Å²) in [6.45, 7) is 4.05. The normalized spacial score (nSPS) is 12.8. The van der Waals surface area contributed by atoms with Gasteiger partial charge in [-0.05, 0) is 59.1 Å². The van der Waals surface area contributed by atoms with Gasteiger partial charge in [0, 0.05) is 18.7 Å². The van der Waals surface area contributed by atoms with Gasteiger partial charge in [-0.2, -0.15) is 0 Å². The zero-order valence-electron chi connectivity index (χ0n) is 9.50. The van der Waals surface area contributed by atoms with Crippen LogP contribution in [0.15, 0.2) is 33.2 Å². The molecular weight excluding hydrogens is 364 g/mol. The molecule has 2 aromatic rings. The van der Waals surface area contributed by atoms with Crippen molar-refractivity contribution in [3.8, 4) is 0 Å². The third-order valence-electron chi connectivity index (χ3n) is 2.68. The molecule has 0 saturated carbocycles.